The normalized spacial score (nSPS) is 22.5. The van der Waals surface area contributed by atoms with Crippen molar-refractivity contribution in [3.63, 3.8) is 0 Å². The molecule has 1 amide bonds. The second-order valence-electron chi connectivity index (χ2n) is 9.93. The molecular weight excluding hydrogens is 447 g/mol. The van der Waals surface area contributed by atoms with Crippen LogP contribution in [0, 0.1) is 11.8 Å². The molecule has 3 heterocycles. The monoisotopic (exact) mass is 480 g/mol. The van der Waals surface area contributed by atoms with Gasteiger partial charge in [0, 0.05) is 68.5 Å². The highest BCUT2D eigenvalue weighted by Crippen LogP contribution is 2.47. The second-order valence-corrected chi connectivity index (χ2v) is 9.93. The number of rotatable bonds is 7. The number of ether oxygens (including phenoxy) is 2. The van der Waals surface area contributed by atoms with Crippen LogP contribution in [0.4, 0.5) is 4.39 Å². The summed E-state index contributed by atoms with van der Waals surface area (Å²) >= 11 is 0. The highest BCUT2D eigenvalue weighted by atomic mass is 19.1. The first kappa shape index (κ1) is 23.7. The summed E-state index contributed by atoms with van der Waals surface area (Å²) in [5.74, 6) is 3.11. The molecule has 0 spiro atoms. The zero-order valence-corrected chi connectivity index (χ0v) is 20.4. The number of carbonyl (C=O) groups excluding carboxylic acids is 1. The molecule has 0 saturated carbocycles. The summed E-state index contributed by atoms with van der Waals surface area (Å²) in [4.78, 5) is 16.1. The van der Waals surface area contributed by atoms with Crippen LogP contribution < -0.4 is 9.47 Å². The molecule has 2 unspecified atom stereocenters. The minimum Gasteiger partial charge on any atom is -0.508 e. The quantitative estimate of drug-likeness (QED) is 0.635. The summed E-state index contributed by atoms with van der Waals surface area (Å²) < 4.78 is 25.0. The lowest BCUT2D eigenvalue weighted by molar-refractivity contribution is -0.127. The molecule has 5 rings (SSSR count). The third kappa shape index (κ3) is 4.87. The zero-order valence-electron chi connectivity index (χ0n) is 20.4. The lowest BCUT2D eigenvalue weighted by Gasteiger charge is -2.37. The van der Waals surface area contributed by atoms with Crippen LogP contribution >= 0.6 is 0 Å². The molecular formula is C28H33FN2O4. The average Bonchev–Trinajstić information content (AvgIpc) is 3.31. The largest absolute Gasteiger partial charge is 0.508 e. The van der Waals surface area contributed by atoms with Crippen LogP contribution in [0.2, 0.25) is 0 Å². The van der Waals surface area contributed by atoms with Gasteiger partial charge in [0.05, 0.1) is 6.67 Å². The first-order valence-corrected chi connectivity index (χ1v) is 12.4. The van der Waals surface area contributed by atoms with E-state index in [0.717, 1.165) is 61.0 Å². The molecule has 0 radical (unpaired) electrons. The Morgan fingerprint density at radius 2 is 1.94 bits per heavy atom. The van der Waals surface area contributed by atoms with E-state index in [1.54, 1.807) is 19.1 Å². The SMILES string of the molecule is CC(=O)N1CCC(C2=C(c3ccc(OCCN4CC(CF)C4)cc3)Oc3ccc(O)cc3C2C)C1. The van der Waals surface area contributed by atoms with Gasteiger partial charge in [-0.05, 0) is 54.5 Å². The number of hydrogen-bond donors (Lipinski definition) is 1. The van der Waals surface area contributed by atoms with Crippen LogP contribution in [-0.4, -0.2) is 66.8 Å². The van der Waals surface area contributed by atoms with E-state index in [4.69, 9.17) is 9.47 Å². The molecule has 3 aliphatic rings. The van der Waals surface area contributed by atoms with Gasteiger partial charge in [-0.15, -0.1) is 0 Å². The lowest BCUT2D eigenvalue weighted by Crippen LogP contribution is -2.49. The molecule has 2 fully saturated rings. The fourth-order valence-corrected chi connectivity index (χ4v) is 5.52. The zero-order chi connectivity index (χ0) is 24.5. The highest BCUT2D eigenvalue weighted by Gasteiger charge is 2.36. The predicted octanol–water partition coefficient (Wildman–Crippen LogP) is 4.45. The van der Waals surface area contributed by atoms with Gasteiger partial charge in [0.2, 0.25) is 5.91 Å². The van der Waals surface area contributed by atoms with Crippen molar-refractivity contribution >= 4 is 11.7 Å². The van der Waals surface area contributed by atoms with Gasteiger partial charge in [0.1, 0.15) is 29.6 Å². The van der Waals surface area contributed by atoms with Crippen LogP contribution in [-0.2, 0) is 4.79 Å². The molecule has 1 N–H and O–H groups in total. The van der Waals surface area contributed by atoms with E-state index in [1.165, 1.54) is 5.57 Å². The van der Waals surface area contributed by atoms with Crippen LogP contribution in [0.3, 0.4) is 0 Å². The third-order valence-corrected chi connectivity index (χ3v) is 7.52. The number of aromatic hydroxyl groups is 1. The van der Waals surface area contributed by atoms with E-state index < -0.39 is 0 Å². The van der Waals surface area contributed by atoms with E-state index in [1.807, 2.05) is 35.2 Å². The van der Waals surface area contributed by atoms with Gasteiger partial charge < -0.3 is 19.5 Å². The number of phenols is 1. The summed E-state index contributed by atoms with van der Waals surface area (Å²) in [5.41, 5.74) is 3.10. The van der Waals surface area contributed by atoms with E-state index in [9.17, 15) is 14.3 Å². The number of fused-ring (bicyclic) bond motifs is 1. The summed E-state index contributed by atoms with van der Waals surface area (Å²) in [6, 6.07) is 13.2. The molecule has 35 heavy (non-hydrogen) atoms. The maximum absolute atomic E-state index is 12.6. The summed E-state index contributed by atoms with van der Waals surface area (Å²) in [6.45, 7) is 7.93. The Bertz CT molecular complexity index is 1110. The number of amides is 1. The smallest absolute Gasteiger partial charge is 0.219 e. The maximum Gasteiger partial charge on any atom is 0.219 e. The number of carbonyl (C=O) groups is 1. The number of hydrogen-bond acceptors (Lipinski definition) is 5. The number of halogens is 1. The Morgan fingerprint density at radius 3 is 2.63 bits per heavy atom. The molecule has 7 heteroatoms. The predicted molar refractivity (Wildman–Crippen MR) is 132 cm³/mol. The Kier molecular flexibility index (Phi) is 6.69. The van der Waals surface area contributed by atoms with Crippen LogP contribution in [0.25, 0.3) is 5.76 Å². The van der Waals surface area contributed by atoms with Crippen molar-refractivity contribution in [2.45, 2.75) is 26.2 Å². The van der Waals surface area contributed by atoms with Crippen molar-refractivity contribution in [2.75, 3.05) is 46.0 Å². The van der Waals surface area contributed by atoms with Gasteiger partial charge in [0.25, 0.3) is 0 Å². The number of benzene rings is 2. The molecule has 2 saturated heterocycles. The van der Waals surface area contributed by atoms with E-state index in [2.05, 4.69) is 11.8 Å². The maximum atomic E-state index is 12.6. The number of alkyl halides is 1. The van der Waals surface area contributed by atoms with E-state index in [-0.39, 0.29) is 36.1 Å². The van der Waals surface area contributed by atoms with Crippen molar-refractivity contribution in [1.29, 1.82) is 0 Å². The van der Waals surface area contributed by atoms with Gasteiger partial charge in [-0.1, -0.05) is 6.92 Å². The molecule has 2 atom stereocenters. The van der Waals surface area contributed by atoms with Crippen LogP contribution in [0.15, 0.2) is 48.0 Å². The summed E-state index contributed by atoms with van der Waals surface area (Å²) in [7, 11) is 0. The number of nitrogens with zero attached hydrogens (tertiary/aromatic N) is 2. The molecule has 3 aliphatic heterocycles. The Morgan fingerprint density at radius 1 is 1.17 bits per heavy atom. The first-order chi connectivity index (χ1) is 16.9. The minimum atomic E-state index is -0.239. The van der Waals surface area contributed by atoms with E-state index >= 15 is 0 Å². The molecule has 2 aromatic rings. The van der Waals surface area contributed by atoms with Gasteiger partial charge in [-0.25, -0.2) is 0 Å². The third-order valence-electron chi connectivity index (χ3n) is 7.52. The lowest BCUT2D eigenvalue weighted by atomic mass is 9.80. The summed E-state index contributed by atoms with van der Waals surface area (Å²) in [6.07, 6.45) is 0.890. The van der Waals surface area contributed by atoms with Gasteiger partial charge in [-0.2, -0.15) is 0 Å². The van der Waals surface area contributed by atoms with Crippen molar-refractivity contribution < 1.29 is 23.8 Å². The highest BCUT2D eigenvalue weighted by molar-refractivity contribution is 5.75. The molecule has 2 aromatic carbocycles. The van der Waals surface area contributed by atoms with Crippen molar-refractivity contribution in [3.8, 4) is 17.2 Å². The Hall–Kier alpha value is -3.06. The first-order valence-electron chi connectivity index (χ1n) is 12.4. The van der Waals surface area contributed by atoms with Crippen LogP contribution in [0.5, 0.6) is 17.2 Å². The number of phenolic OH excluding ortho intramolecular Hbond substituents is 1. The van der Waals surface area contributed by atoms with Crippen molar-refractivity contribution in [1.82, 2.24) is 9.80 Å². The van der Waals surface area contributed by atoms with Gasteiger partial charge >= 0.3 is 0 Å². The standard InChI is InChI=1S/C28H33FN2O4/c1-18-25-13-23(33)5-8-26(25)35-28(27(18)22-9-10-31(17-22)19(2)32)21-3-6-24(7-4-21)34-12-11-30-15-20(14-29)16-30/h3-8,13,18,20,22,33H,9-12,14-17H2,1-2H3. The van der Waals surface area contributed by atoms with Gasteiger partial charge in [-0.3, -0.25) is 14.1 Å². The van der Waals surface area contributed by atoms with Gasteiger partial charge in [0.15, 0.2) is 0 Å². The molecule has 6 nitrogen and oxygen atoms in total. The Labute approximate surface area is 205 Å². The Balaban J connectivity index is 1.36. The van der Waals surface area contributed by atoms with E-state index in [0.29, 0.717) is 13.2 Å². The topological polar surface area (TPSA) is 62.2 Å². The fraction of sp³-hybridized carbons (Fsp3) is 0.464. The molecule has 0 aliphatic carbocycles. The summed E-state index contributed by atoms with van der Waals surface area (Å²) in [5, 5.41) is 10.1. The fourth-order valence-electron chi connectivity index (χ4n) is 5.52. The number of likely N-dealkylation sites (tertiary alicyclic amines) is 2. The molecule has 0 bridgehead atoms. The molecule has 0 aromatic heterocycles. The minimum absolute atomic E-state index is 0.0540. The average molecular weight is 481 g/mol. The van der Waals surface area contributed by atoms with Crippen molar-refractivity contribution in [3.05, 3.63) is 59.2 Å². The second kappa shape index (κ2) is 9.90. The van der Waals surface area contributed by atoms with Crippen LogP contribution in [0.1, 0.15) is 37.3 Å². The molecule has 186 valence electrons. The van der Waals surface area contributed by atoms with Crippen molar-refractivity contribution in [2.24, 2.45) is 11.8 Å².